The fraction of sp³-hybridized carbons (Fsp3) is 0.722. The van der Waals surface area contributed by atoms with Gasteiger partial charge in [-0.1, -0.05) is 6.92 Å². The Morgan fingerprint density at radius 2 is 1.72 bits per heavy atom. The van der Waals surface area contributed by atoms with Gasteiger partial charge in [0.1, 0.15) is 5.82 Å². The molecule has 0 aromatic carbocycles. The summed E-state index contributed by atoms with van der Waals surface area (Å²) < 4.78 is 2.60. The summed E-state index contributed by atoms with van der Waals surface area (Å²) in [7, 11) is 3.16. The van der Waals surface area contributed by atoms with Gasteiger partial charge in [0.05, 0.1) is 5.92 Å². The van der Waals surface area contributed by atoms with E-state index in [9.17, 15) is 14.4 Å². The maximum Gasteiger partial charge on any atom is 0.332 e. The van der Waals surface area contributed by atoms with Crippen LogP contribution in [0, 0.1) is 11.8 Å². The molecule has 2 aliphatic heterocycles. The monoisotopic (exact) mass is 348 g/mol. The van der Waals surface area contributed by atoms with E-state index in [0.29, 0.717) is 18.3 Å². The first kappa shape index (κ1) is 17.8. The predicted molar refractivity (Wildman–Crippen MR) is 96.8 cm³/mol. The number of nitrogens with zero attached hydrogens (tertiary/aromatic N) is 4. The van der Waals surface area contributed by atoms with Gasteiger partial charge in [-0.3, -0.25) is 18.7 Å². The van der Waals surface area contributed by atoms with Crippen LogP contribution in [0.3, 0.4) is 0 Å². The van der Waals surface area contributed by atoms with Gasteiger partial charge in [0, 0.05) is 46.3 Å². The van der Waals surface area contributed by atoms with Gasteiger partial charge in [-0.15, -0.1) is 0 Å². The smallest absolute Gasteiger partial charge is 0.332 e. The first-order valence-corrected chi connectivity index (χ1v) is 9.19. The van der Waals surface area contributed by atoms with Crippen molar-refractivity contribution in [1.29, 1.82) is 0 Å². The van der Waals surface area contributed by atoms with Crippen LogP contribution in [-0.4, -0.2) is 46.1 Å². The van der Waals surface area contributed by atoms with E-state index in [-0.39, 0.29) is 23.1 Å². The van der Waals surface area contributed by atoms with Crippen molar-refractivity contribution in [2.45, 2.75) is 32.6 Å². The van der Waals surface area contributed by atoms with Crippen LogP contribution in [0.1, 0.15) is 32.6 Å². The molecule has 25 heavy (non-hydrogen) atoms. The molecule has 0 radical (unpaired) electrons. The van der Waals surface area contributed by atoms with E-state index in [1.165, 1.54) is 17.7 Å². The molecule has 2 fully saturated rings. The summed E-state index contributed by atoms with van der Waals surface area (Å²) in [6.07, 6.45) is 3.92. The lowest BCUT2D eigenvalue weighted by atomic mass is 9.93. The summed E-state index contributed by atoms with van der Waals surface area (Å²) >= 11 is 0. The van der Waals surface area contributed by atoms with Crippen molar-refractivity contribution in [1.82, 2.24) is 14.0 Å². The predicted octanol–water partition coefficient (Wildman–Crippen LogP) is 0.559. The largest absolute Gasteiger partial charge is 0.357 e. The molecule has 1 aromatic heterocycles. The van der Waals surface area contributed by atoms with E-state index in [2.05, 4.69) is 6.92 Å². The molecule has 1 unspecified atom stereocenters. The zero-order chi connectivity index (χ0) is 18.1. The van der Waals surface area contributed by atoms with E-state index in [0.717, 1.165) is 49.9 Å². The van der Waals surface area contributed by atoms with Crippen LogP contribution in [0.5, 0.6) is 0 Å². The van der Waals surface area contributed by atoms with E-state index >= 15 is 0 Å². The van der Waals surface area contributed by atoms with Crippen LogP contribution in [0.2, 0.25) is 0 Å². The minimum atomic E-state index is -0.332. The number of anilines is 1. The highest BCUT2D eigenvalue weighted by atomic mass is 16.2. The molecule has 7 nitrogen and oxygen atoms in total. The van der Waals surface area contributed by atoms with Gasteiger partial charge in [0.25, 0.3) is 5.56 Å². The highest BCUT2D eigenvalue weighted by Gasteiger charge is 2.31. The summed E-state index contributed by atoms with van der Waals surface area (Å²) in [6.45, 7) is 5.27. The van der Waals surface area contributed by atoms with Crippen molar-refractivity contribution < 1.29 is 4.79 Å². The number of piperidine rings is 2. The highest BCUT2D eigenvalue weighted by molar-refractivity contribution is 5.79. The third-order valence-corrected chi connectivity index (χ3v) is 5.69. The molecule has 2 aliphatic rings. The molecule has 3 heterocycles. The number of carbonyl (C=O) groups is 1. The summed E-state index contributed by atoms with van der Waals surface area (Å²) in [5.74, 6) is 1.48. The average molecular weight is 348 g/mol. The minimum Gasteiger partial charge on any atom is -0.357 e. The third kappa shape index (κ3) is 3.50. The lowest BCUT2D eigenvalue weighted by Crippen LogP contribution is -2.49. The lowest BCUT2D eigenvalue weighted by molar-refractivity contribution is -0.137. The molecule has 0 N–H and O–H groups in total. The van der Waals surface area contributed by atoms with E-state index in [1.807, 2.05) is 9.80 Å². The molecule has 2 saturated heterocycles. The average Bonchev–Trinajstić information content (AvgIpc) is 2.63. The maximum atomic E-state index is 12.9. The Balaban J connectivity index is 1.77. The van der Waals surface area contributed by atoms with Crippen molar-refractivity contribution in [2.24, 2.45) is 25.9 Å². The lowest BCUT2D eigenvalue weighted by Gasteiger charge is -2.38. The van der Waals surface area contributed by atoms with Gasteiger partial charge < -0.3 is 9.80 Å². The fourth-order valence-corrected chi connectivity index (χ4v) is 3.90. The third-order valence-electron chi connectivity index (χ3n) is 5.69. The SMILES string of the molecule is CC1CCN(C(=O)C2CCCN(c3cc(=O)n(C)c(=O)n3C)C2)CC1. The molecular weight excluding hydrogens is 320 g/mol. The fourth-order valence-electron chi connectivity index (χ4n) is 3.90. The number of hydrogen-bond donors (Lipinski definition) is 0. The first-order chi connectivity index (χ1) is 11.9. The van der Waals surface area contributed by atoms with Crippen molar-refractivity contribution in [3.8, 4) is 0 Å². The number of hydrogen-bond acceptors (Lipinski definition) is 4. The second-order valence-electron chi connectivity index (χ2n) is 7.53. The van der Waals surface area contributed by atoms with Crippen LogP contribution in [0.4, 0.5) is 5.82 Å². The molecule has 0 saturated carbocycles. The molecule has 7 heteroatoms. The van der Waals surface area contributed by atoms with Gasteiger partial charge in [-0.05, 0) is 31.6 Å². The molecule has 1 aromatic rings. The van der Waals surface area contributed by atoms with E-state index < -0.39 is 0 Å². The number of aromatic nitrogens is 2. The summed E-state index contributed by atoms with van der Waals surface area (Å²) in [6, 6.07) is 1.50. The molecule has 0 bridgehead atoms. The van der Waals surface area contributed by atoms with Gasteiger partial charge in [0.2, 0.25) is 5.91 Å². The van der Waals surface area contributed by atoms with Crippen LogP contribution in [-0.2, 0) is 18.9 Å². The Labute approximate surface area is 147 Å². The Morgan fingerprint density at radius 1 is 1.04 bits per heavy atom. The topological polar surface area (TPSA) is 67.6 Å². The van der Waals surface area contributed by atoms with Crippen molar-refractivity contribution >= 4 is 11.7 Å². The Hall–Kier alpha value is -2.05. The normalized spacial score (nSPS) is 22.3. The molecule has 138 valence electrons. The second-order valence-corrected chi connectivity index (χ2v) is 7.53. The maximum absolute atomic E-state index is 12.9. The zero-order valence-electron chi connectivity index (χ0n) is 15.4. The Kier molecular flexibility index (Phi) is 5.01. The Bertz CT molecular complexity index is 759. The number of likely N-dealkylation sites (tertiary alicyclic amines) is 1. The summed E-state index contributed by atoms with van der Waals surface area (Å²) in [5, 5.41) is 0. The Morgan fingerprint density at radius 3 is 2.40 bits per heavy atom. The van der Waals surface area contributed by atoms with Gasteiger partial charge in [-0.2, -0.15) is 0 Å². The molecule has 1 amide bonds. The molecule has 3 rings (SSSR count). The van der Waals surface area contributed by atoms with Gasteiger partial charge >= 0.3 is 5.69 Å². The zero-order valence-corrected chi connectivity index (χ0v) is 15.4. The van der Waals surface area contributed by atoms with Crippen LogP contribution >= 0.6 is 0 Å². The highest BCUT2D eigenvalue weighted by Crippen LogP contribution is 2.25. The summed E-state index contributed by atoms with van der Waals surface area (Å²) in [4.78, 5) is 41.1. The van der Waals surface area contributed by atoms with Crippen LogP contribution in [0.25, 0.3) is 0 Å². The van der Waals surface area contributed by atoms with Crippen molar-refractivity contribution in [3.63, 3.8) is 0 Å². The van der Waals surface area contributed by atoms with Crippen LogP contribution in [0.15, 0.2) is 15.7 Å². The van der Waals surface area contributed by atoms with Crippen LogP contribution < -0.4 is 16.1 Å². The molecule has 0 spiro atoms. The first-order valence-electron chi connectivity index (χ1n) is 9.19. The summed E-state index contributed by atoms with van der Waals surface area (Å²) in [5.41, 5.74) is -0.641. The number of rotatable bonds is 2. The van der Waals surface area contributed by atoms with Crippen molar-refractivity contribution in [2.75, 3.05) is 31.1 Å². The molecule has 0 aliphatic carbocycles. The van der Waals surface area contributed by atoms with E-state index in [1.54, 1.807) is 7.05 Å². The second kappa shape index (κ2) is 7.06. The van der Waals surface area contributed by atoms with E-state index in [4.69, 9.17) is 0 Å². The minimum absolute atomic E-state index is 0.0543. The molecule has 1 atom stereocenters. The standard InChI is InChI=1S/C18H28N4O3/c1-13-6-9-21(10-7-13)17(24)14-5-4-8-22(12-14)15-11-16(23)20(3)18(25)19(15)2/h11,13-14H,4-10,12H2,1-3H3. The van der Waals surface area contributed by atoms with Gasteiger partial charge in [-0.25, -0.2) is 4.79 Å². The number of carbonyl (C=O) groups excluding carboxylic acids is 1. The van der Waals surface area contributed by atoms with Gasteiger partial charge in [0.15, 0.2) is 0 Å². The van der Waals surface area contributed by atoms with Crippen molar-refractivity contribution in [3.05, 3.63) is 26.9 Å². The quantitative estimate of drug-likeness (QED) is 0.783. The molecular formula is C18H28N4O3. The number of amides is 1.